The molecule has 1 saturated carbocycles. The van der Waals surface area contributed by atoms with Gasteiger partial charge < -0.3 is 15.5 Å². The van der Waals surface area contributed by atoms with E-state index in [0.29, 0.717) is 5.92 Å². The molecule has 6 heteroatoms. The molecule has 2 amide bonds. The average Bonchev–Trinajstić information content (AvgIpc) is 2.58. The Morgan fingerprint density at radius 1 is 1.31 bits per heavy atom. The summed E-state index contributed by atoms with van der Waals surface area (Å²) in [5, 5.41) is 6.13. The minimum Gasteiger partial charge on any atom is -0.348 e. The monoisotopic (exact) mass is 424 g/mol. The van der Waals surface area contributed by atoms with Crippen molar-refractivity contribution in [3.8, 4) is 0 Å². The van der Waals surface area contributed by atoms with Crippen molar-refractivity contribution in [3.05, 3.63) is 28.2 Å². The number of benzene rings is 1. The summed E-state index contributed by atoms with van der Waals surface area (Å²) in [6.45, 7) is 6.30. The molecule has 2 rings (SSSR count). The molecule has 1 aromatic carbocycles. The number of rotatable bonds is 6. The minimum absolute atomic E-state index is 0.0360. The molecule has 1 fully saturated rings. The van der Waals surface area contributed by atoms with Gasteiger partial charge in [0.1, 0.15) is 0 Å². The molecular weight excluding hydrogens is 394 g/mol. The van der Waals surface area contributed by atoms with Crippen molar-refractivity contribution >= 4 is 33.4 Å². The van der Waals surface area contributed by atoms with E-state index in [1.807, 2.05) is 39.1 Å². The maximum Gasteiger partial charge on any atom is 0.279 e. The Bertz CT molecular complexity index is 650. The number of carbonyl (C=O) groups is 2. The highest BCUT2D eigenvalue weighted by Crippen LogP contribution is 2.23. The summed E-state index contributed by atoms with van der Waals surface area (Å²) in [5.74, 6) is 0.483. The van der Waals surface area contributed by atoms with E-state index in [-0.39, 0.29) is 30.4 Å². The van der Waals surface area contributed by atoms with Crippen molar-refractivity contribution in [1.29, 1.82) is 0 Å². The topological polar surface area (TPSA) is 62.6 Å². The third kappa shape index (κ3) is 5.81. The normalized spacial score (nSPS) is 22.3. The number of carbonyl (C=O) groups excluding carboxylic acids is 2. The first-order valence-corrected chi connectivity index (χ1v) is 10.3. The number of amides is 2. The predicted octanol–water partition coefficient (Wildman–Crippen LogP) is 2.29. The van der Waals surface area contributed by atoms with Gasteiger partial charge in [-0.2, -0.15) is 0 Å². The number of anilines is 1. The number of likely N-dealkylation sites (N-methyl/N-ethyl adjacent to an activating group) is 1. The van der Waals surface area contributed by atoms with E-state index in [1.54, 1.807) is 0 Å². The van der Waals surface area contributed by atoms with Gasteiger partial charge in [-0.15, -0.1) is 0 Å². The van der Waals surface area contributed by atoms with Crippen LogP contribution in [0.4, 0.5) is 5.69 Å². The van der Waals surface area contributed by atoms with Crippen LogP contribution in [0.3, 0.4) is 0 Å². The van der Waals surface area contributed by atoms with E-state index in [0.717, 1.165) is 27.0 Å². The Morgan fingerprint density at radius 2 is 2.00 bits per heavy atom. The molecule has 3 N–H and O–H groups in total. The molecule has 1 unspecified atom stereocenters. The smallest absolute Gasteiger partial charge is 0.279 e. The average molecular weight is 425 g/mol. The molecule has 144 valence electrons. The second-order valence-electron chi connectivity index (χ2n) is 7.63. The van der Waals surface area contributed by atoms with E-state index < -0.39 is 0 Å². The molecule has 0 radical (unpaired) electrons. The van der Waals surface area contributed by atoms with Gasteiger partial charge in [-0.05, 0) is 56.4 Å². The first-order valence-electron chi connectivity index (χ1n) is 9.46. The molecule has 0 bridgehead atoms. The number of halogens is 1. The Balaban J connectivity index is 1.85. The quantitative estimate of drug-likeness (QED) is 0.655. The van der Waals surface area contributed by atoms with E-state index in [9.17, 15) is 9.59 Å². The molecular formula is C20H31BrN3O2+. The summed E-state index contributed by atoms with van der Waals surface area (Å²) in [6.07, 6.45) is 4.67. The molecule has 1 aliphatic rings. The van der Waals surface area contributed by atoms with Crippen LogP contribution in [0.2, 0.25) is 0 Å². The highest BCUT2D eigenvalue weighted by molar-refractivity contribution is 9.10. The van der Waals surface area contributed by atoms with E-state index >= 15 is 0 Å². The summed E-state index contributed by atoms with van der Waals surface area (Å²) in [7, 11) is 1.89. The number of hydrogen-bond donors (Lipinski definition) is 3. The molecule has 0 aliphatic heterocycles. The zero-order valence-corrected chi connectivity index (χ0v) is 17.8. The van der Waals surface area contributed by atoms with Crippen LogP contribution in [-0.2, 0) is 9.59 Å². The van der Waals surface area contributed by atoms with Gasteiger partial charge >= 0.3 is 0 Å². The Morgan fingerprint density at radius 3 is 2.65 bits per heavy atom. The van der Waals surface area contributed by atoms with Crippen LogP contribution in [0.1, 0.15) is 45.1 Å². The number of nitrogens with one attached hydrogen (secondary N) is 3. The van der Waals surface area contributed by atoms with Crippen molar-refractivity contribution in [2.75, 3.05) is 18.9 Å². The van der Waals surface area contributed by atoms with Crippen molar-refractivity contribution in [3.63, 3.8) is 0 Å². The third-order valence-corrected chi connectivity index (χ3v) is 5.97. The van der Waals surface area contributed by atoms with Gasteiger partial charge in [0.15, 0.2) is 12.6 Å². The predicted molar refractivity (Wildman–Crippen MR) is 108 cm³/mol. The van der Waals surface area contributed by atoms with Crippen LogP contribution in [-0.4, -0.2) is 37.5 Å². The van der Waals surface area contributed by atoms with Crippen LogP contribution in [0, 0.1) is 12.8 Å². The Kier molecular flexibility index (Phi) is 7.65. The van der Waals surface area contributed by atoms with Crippen molar-refractivity contribution < 1.29 is 14.5 Å². The van der Waals surface area contributed by atoms with Crippen LogP contribution >= 0.6 is 15.9 Å². The fourth-order valence-corrected chi connectivity index (χ4v) is 3.91. The summed E-state index contributed by atoms with van der Waals surface area (Å²) in [5.41, 5.74) is 1.81. The van der Waals surface area contributed by atoms with E-state index in [2.05, 4.69) is 33.5 Å². The number of hydrogen-bond acceptors (Lipinski definition) is 2. The van der Waals surface area contributed by atoms with Gasteiger partial charge in [-0.3, -0.25) is 9.59 Å². The fourth-order valence-electron chi connectivity index (χ4n) is 3.43. The van der Waals surface area contributed by atoms with Crippen LogP contribution < -0.4 is 15.5 Å². The van der Waals surface area contributed by atoms with Gasteiger partial charge in [0.2, 0.25) is 0 Å². The van der Waals surface area contributed by atoms with Gasteiger partial charge in [0.25, 0.3) is 11.8 Å². The summed E-state index contributed by atoms with van der Waals surface area (Å²) >= 11 is 3.42. The van der Waals surface area contributed by atoms with E-state index in [1.165, 1.54) is 19.3 Å². The van der Waals surface area contributed by atoms with Crippen LogP contribution in [0.25, 0.3) is 0 Å². The molecule has 0 aromatic heterocycles. The highest BCUT2D eigenvalue weighted by Gasteiger charge is 2.29. The van der Waals surface area contributed by atoms with E-state index in [4.69, 9.17) is 0 Å². The molecule has 0 saturated heterocycles. The Hall–Kier alpha value is -1.40. The second kappa shape index (κ2) is 9.51. The summed E-state index contributed by atoms with van der Waals surface area (Å²) in [6, 6.07) is 5.76. The van der Waals surface area contributed by atoms with Gasteiger partial charge in [-0.1, -0.05) is 35.7 Å². The maximum atomic E-state index is 12.6. The van der Waals surface area contributed by atoms with Crippen molar-refractivity contribution in [2.45, 2.75) is 58.5 Å². The van der Waals surface area contributed by atoms with Gasteiger partial charge in [-0.25, -0.2) is 0 Å². The second-order valence-corrected chi connectivity index (χ2v) is 8.54. The summed E-state index contributed by atoms with van der Waals surface area (Å²) in [4.78, 5) is 25.8. The molecule has 1 aromatic rings. The Labute approximate surface area is 165 Å². The lowest BCUT2D eigenvalue weighted by Gasteiger charge is -2.31. The lowest BCUT2D eigenvalue weighted by atomic mass is 9.86. The van der Waals surface area contributed by atoms with Crippen molar-refractivity contribution in [2.24, 2.45) is 5.92 Å². The van der Waals surface area contributed by atoms with Gasteiger partial charge in [0.05, 0.1) is 7.05 Å². The lowest BCUT2D eigenvalue weighted by Crippen LogP contribution is -3.15. The first-order chi connectivity index (χ1) is 12.3. The van der Waals surface area contributed by atoms with Gasteiger partial charge in [0, 0.05) is 16.2 Å². The standard InChI is InChI=1S/C20H30BrN3O2/c1-13-7-5-6-8-17(13)23-20(26)15(3)24(4)12-19(25)22-18-10-9-16(21)11-14(18)2/h9-11,13,15,17H,5-8,12H2,1-4H3,(H,22,25)(H,23,26)/p+1/t13-,15-,17+/m0/s1. The van der Waals surface area contributed by atoms with Crippen LogP contribution in [0.15, 0.2) is 22.7 Å². The molecule has 4 atom stereocenters. The molecule has 26 heavy (non-hydrogen) atoms. The highest BCUT2D eigenvalue weighted by atomic mass is 79.9. The maximum absolute atomic E-state index is 12.6. The molecule has 5 nitrogen and oxygen atoms in total. The minimum atomic E-state index is -0.263. The molecule has 1 aliphatic carbocycles. The fraction of sp³-hybridized carbons (Fsp3) is 0.600. The number of aryl methyl sites for hydroxylation is 1. The lowest BCUT2D eigenvalue weighted by molar-refractivity contribution is -0.885. The number of quaternary nitrogens is 1. The zero-order chi connectivity index (χ0) is 19.3. The first kappa shape index (κ1) is 20.9. The molecule has 0 heterocycles. The van der Waals surface area contributed by atoms with Crippen molar-refractivity contribution in [1.82, 2.24) is 5.32 Å². The van der Waals surface area contributed by atoms with Crippen LogP contribution in [0.5, 0.6) is 0 Å². The molecule has 0 spiro atoms. The zero-order valence-electron chi connectivity index (χ0n) is 16.2. The largest absolute Gasteiger partial charge is 0.348 e. The third-order valence-electron chi connectivity index (χ3n) is 5.47. The summed E-state index contributed by atoms with van der Waals surface area (Å²) < 4.78 is 0.984. The SMILES string of the molecule is Cc1cc(Br)ccc1NC(=O)C[NH+](C)[C@@H](C)C(=O)N[C@@H]1CCCC[C@@H]1C.